The van der Waals surface area contributed by atoms with Gasteiger partial charge in [0.2, 0.25) is 0 Å². The predicted octanol–water partition coefficient (Wildman–Crippen LogP) is 2.75. The number of fused-ring (bicyclic) bond motifs is 1. The van der Waals surface area contributed by atoms with E-state index in [1.54, 1.807) is 6.92 Å². The lowest BCUT2D eigenvalue weighted by molar-refractivity contribution is -0.126. The summed E-state index contributed by atoms with van der Waals surface area (Å²) in [6.07, 6.45) is 0. The quantitative estimate of drug-likeness (QED) is 0.683. The van der Waals surface area contributed by atoms with Crippen molar-refractivity contribution in [3.05, 3.63) is 42.5 Å². The summed E-state index contributed by atoms with van der Waals surface area (Å²) in [5.41, 5.74) is 6.67. The minimum atomic E-state index is -0.777. The molecule has 0 fully saturated rings. The lowest BCUT2D eigenvalue weighted by atomic mass is 10.1. The summed E-state index contributed by atoms with van der Waals surface area (Å²) >= 11 is 4.78. The van der Waals surface area contributed by atoms with E-state index in [2.05, 4.69) is 15.3 Å². The van der Waals surface area contributed by atoms with Crippen LogP contribution in [0.5, 0.6) is 0 Å². The highest BCUT2D eigenvalue weighted by atomic mass is 32.1. The Kier molecular flexibility index (Phi) is 3.64. The fourth-order valence-corrected chi connectivity index (χ4v) is 2.39. The van der Waals surface area contributed by atoms with Crippen LogP contribution in [0.3, 0.4) is 0 Å². The number of hydrazone groups is 1. The van der Waals surface area contributed by atoms with E-state index in [1.807, 2.05) is 42.5 Å². The molecular weight excluding hydrogens is 298 g/mol. The van der Waals surface area contributed by atoms with Gasteiger partial charge in [0.25, 0.3) is 5.91 Å². The van der Waals surface area contributed by atoms with Crippen molar-refractivity contribution in [3.63, 3.8) is 0 Å². The molecule has 0 aliphatic carbocycles. The molecule has 22 heavy (non-hydrogen) atoms. The lowest BCUT2D eigenvalue weighted by Crippen LogP contribution is -2.37. The molecule has 3 rings (SSSR count). The maximum atomic E-state index is 12.1. The Balaban J connectivity index is 1.93. The Morgan fingerprint density at radius 2 is 2.00 bits per heavy atom. The highest BCUT2D eigenvalue weighted by molar-refractivity contribution is 7.80. The third-order valence-electron chi connectivity index (χ3n) is 3.35. The number of nitrogens with two attached hydrogens (primary N) is 1. The van der Waals surface area contributed by atoms with Crippen LogP contribution in [-0.2, 0) is 4.79 Å². The molecule has 110 valence electrons. The van der Waals surface area contributed by atoms with Crippen LogP contribution < -0.4 is 5.73 Å². The smallest absolute Gasteiger partial charge is 0.282 e. The number of carbonyl (C=O) groups excluding carboxylic acids is 1. The second-order valence-corrected chi connectivity index (χ2v) is 5.26. The van der Waals surface area contributed by atoms with E-state index < -0.39 is 6.04 Å². The van der Waals surface area contributed by atoms with Gasteiger partial charge in [-0.25, -0.2) is 0 Å². The molecule has 6 nitrogen and oxygen atoms in total. The Hall–Kier alpha value is -2.67. The van der Waals surface area contributed by atoms with Gasteiger partial charge in [0, 0.05) is 5.39 Å². The van der Waals surface area contributed by atoms with Gasteiger partial charge in [-0.1, -0.05) is 36.4 Å². The van der Waals surface area contributed by atoms with Crippen molar-refractivity contribution < 1.29 is 4.79 Å². The molecule has 2 aromatic carbocycles. The number of hydrogen-bond acceptors (Lipinski definition) is 5. The zero-order valence-corrected chi connectivity index (χ0v) is 12.6. The van der Waals surface area contributed by atoms with Crippen LogP contribution in [0.15, 0.2) is 57.8 Å². The monoisotopic (exact) mass is 311 g/mol. The first kappa shape index (κ1) is 14.3. The van der Waals surface area contributed by atoms with Crippen LogP contribution in [0.4, 0.5) is 5.69 Å². The maximum absolute atomic E-state index is 12.1. The Morgan fingerprint density at radius 1 is 1.27 bits per heavy atom. The van der Waals surface area contributed by atoms with E-state index in [4.69, 9.17) is 18.0 Å². The Morgan fingerprint density at radius 3 is 2.73 bits per heavy atom. The van der Waals surface area contributed by atoms with E-state index in [-0.39, 0.29) is 11.0 Å². The minimum Gasteiger partial charge on any atom is -0.374 e. The first-order valence-electron chi connectivity index (χ1n) is 6.65. The highest BCUT2D eigenvalue weighted by Gasteiger charge is 2.35. The van der Waals surface area contributed by atoms with Crippen LogP contribution in [0.25, 0.3) is 10.8 Å². The van der Waals surface area contributed by atoms with Gasteiger partial charge in [0.1, 0.15) is 0 Å². The summed E-state index contributed by atoms with van der Waals surface area (Å²) in [7, 11) is 0. The second-order valence-electron chi connectivity index (χ2n) is 4.85. The fraction of sp³-hybridized carbons (Fsp3) is 0.133. The third kappa shape index (κ3) is 2.46. The molecule has 7 heteroatoms. The SMILES string of the molecule is CC1=NN(C(N)=S)C(=O)[C@@H]1N=Nc1cccc2ccccc12. The van der Waals surface area contributed by atoms with Gasteiger partial charge < -0.3 is 5.73 Å². The molecule has 0 saturated heterocycles. The Bertz CT molecular complexity index is 824. The van der Waals surface area contributed by atoms with Crippen molar-refractivity contribution in [1.29, 1.82) is 0 Å². The summed E-state index contributed by atoms with van der Waals surface area (Å²) in [4.78, 5) is 12.1. The van der Waals surface area contributed by atoms with Crippen LogP contribution in [-0.4, -0.2) is 27.8 Å². The zero-order valence-electron chi connectivity index (χ0n) is 11.8. The minimum absolute atomic E-state index is 0.0905. The Labute approximate surface area is 132 Å². The average molecular weight is 311 g/mol. The van der Waals surface area contributed by atoms with Crippen molar-refractivity contribution in [2.24, 2.45) is 21.1 Å². The van der Waals surface area contributed by atoms with Gasteiger partial charge in [-0.05, 0) is 30.6 Å². The molecule has 0 aromatic heterocycles. The maximum Gasteiger partial charge on any atom is 0.282 e. The second kappa shape index (κ2) is 5.61. The zero-order chi connectivity index (χ0) is 15.7. The van der Waals surface area contributed by atoms with Gasteiger partial charge >= 0.3 is 0 Å². The highest BCUT2D eigenvalue weighted by Crippen LogP contribution is 2.26. The van der Waals surface area contributed by atoms with Crippen molar-refractivity contribution in [3.8, 4) is 0 Å². The summed E-state index contributed by atoms with van der Waals surface area (Å²) in [5.74, 6) is -0.381. The number of benzene rings is 2. The largest absolute Gasteiger partial charge is 0.374 e. The number of azo groups is 1. The van der Waals surface area contributed by atoms with E-state index in [0.29, 0.717) is 11.4 Å². The van der Waals surface area contributed by atoms with Crippen LogP contribution in [0.1, 0.15) is 6.92 Å². The number of amides is 1. The van der Waals surface area contributed by atoms with Crippen molar-refractivity contribution >= 4 is 45.4 Å². The van der Waals surface area contributed by atoms with E-state index >= 15 is 0 Å². The molecule has 0 saturated carbocycles. The molecule has 1 aliphatic rings. The van der Waals surface area contributed by atoms with E-state index in [0.717, 1.165) is 15.8 Å². The van der Waals surface area contributed by atoms with Gasteiger partial charge in [0.05, 0.1) is 11.4 Å². The third-order valence-corrected chi connectivity index (χ3v) is 3.53. The molecule has 0 bridgehead atoms. The normalized spacial score (nSPS) is 18.2. The molecule has 2 aromatic rings. The van der Waals surface area contributed by atoms with Crippen LogP contribution in [0, 0.1) is 0 Å². The lowest BCUT2D eigenvalue weighted by Gasteiger charge is -2.08. The van der Waals surface area contributed by atoms with E-state index in [1.165, 1.54) is 0 Å². The average Bonchev–Trinajstić information content (AvgIpc) is 2.80. The van der Waals surface area contributed by atoms with Crippen LogP contribution in [0.2, 0.25) is 0 Å². The molecule has 0 unspecified atom stereocenters. The van der Waals surface area contributed by atoms with Crippen molar-refractivity contribution in [2.45, 2.75) is 13.0 Å². The van der Waals surface area contributed by atoms with Crippen LogP contribution >= 0.6 is 12.2 Å². The molecule has 0 spiro atoms. The fourth-order valence-electron chi connectivity index (χ4n) is 2.26. The molecule has 1 atom stereocenters. The summed E-state index contributed by atoms with van der Waals surface area (Å²) in [5, 5.41) is 15.3. The molecule has 1 amide bonds. The molecule has 1 heterocycles. The predicted molar refractivity (Wildman–Crippen MR) is 89.0 cm³/mol. The van der Waals surface area contributed by atoms with Gasteiger partial charge in [-0.15, -0.1) is 0 Å². The van der Waals surface area contributed by atoms with Gasteiger partial charge in [0.15, 0.2) is 11.2 Å². The summed E-state index contributed by atoms with van der Waals surface area (Å²) in [6, 6.07) is 12.8. The number of hydrogen-bond donors (Lipinski definition) is 1. The van der Waals surface area contributed by atoms with Crippen molar-refractivity contribution in [2.75, 3.05) is 0 Å². The number of carbonyl (C=O) groups is 1. The first-order chi connectivity index (χ1) is 10.6. The van der Waals surface area contributed by atoms with Crippen molar-refractivity contribution in [1.82, 2.24) is 5.01 Å². The number of rotatable bonds is 2. The summed E-state index contributed by atoms with van der Waals surface area (Å²) < 4.78 is 0. The number of thiocarbonyl (C=S) groups is 1. The molecule has 0 radical (unpaired) electrons. The molecule has 1 aliphatic heterocycles. The number of nitrogens with zero attached hydrogens (tertiary/aromatic N) is 4. The van der Waals surface area contributed by atoms with Gasteiger partial charge in [-0.3, -0.25) is 4.79 Å². The first-order valence-corrected chi connectivity index (χ1v) is 7.06. The summed E-state index contributed by atoms with van der Waals surface area (Å²) in [6.45, 7) is 1.70. The molecular formula is C15H13N5OS. The van der Waals surface area contributed by atoms with E-state index in [9.17, 15) is 4.79 Å². The molecule has 2 N–H and O–H groups in total. The van der Waals surface area contributed by atoms with Gasteiger partial charge in [-0.2, -0.15) is 20.3 Å². The topological polar surface area (TPSA) is 83.4 Å². The standard InChI is InChI=1S/C15H13N5OS/c1-9-13(14(21)20(19-9)15(16)22)18-17-12-8-4-6-10-5-2-3-7-11(10)12/h2-8,13H,1H3,(H2,16,22)/t13-/m1/s1.